The van der Waals surface area contributed by atoms with Gasteiger partial charge >= 0.3 is 0 Å². The van der Waals surface area contributed by atoms with Gasteiger partial charge in [0.15, 0.2) is 0 Å². The summed E-state index contributed by atoms with van der Waals surface area (Å²) < 4.78 is 6.35. The highest BCUT2D eigenvalue weighted by atomic mass is 79.9. The molecule has 4 nitrogen and oxygen atoms in total. The molecule has 1 aliphatic rings. The molecule has 1 atom stereocenters. The molecule has 1 N–H and O–H groups in total. The molecule has 1 aromatic carbocycles. The van der Waals surface area contributed by atoms with Gasteiger partial charge in [0.1, 0.15) is 0 Å². The molecule has 1 amide bonds. The zero-order valence-corrected chi connectivity index (χ0v) is 13.6. The van der Waals surface area contributed by atoms with E-state index in [1.807, 2.05) is 32.0 Å². The van der Waals surface area contributed by atoms with Gasteiger partial charge in [-0.15, -0.1) is 0 Å². The molecule has 1 aromatic rings. The van der Waals surface area contributed by atoms with Crippen molar-refractivity contribution in [1.82, 2.24) is 10.2 Å². The summed E-state index contributed by atoms with van der Waals surface area (Å²) in [6.07, 6.45) is 0. The van der Waals surface area contributed by atoms with Gasteiger partial charge in [0, 0.05) is 35.7 Å². The highest BCUT2D eigenvalue weighted by Crippen LogP contribution is 2.17. The number of ether oxygens (including phenoxy) is 1. The van der Waals surface area contributed by atoms with Crippen LogP contribution in [0, 0.1) is 6.92 Å². The van der Waals surface area contributed by atoms with Crippen LogP contribution in [0.2, 0.25) is 0 Å². The van der Waals surface area contributed by atoms with Crippen LogP contribution in [0.15, 0.2) is 22.7 Å². The quantitative estimate of drug-likeness (QED) is 0.913. The van der Waals surface area contributed by atoms with Crippen LogP contribution in [-0.4, -0.2) is 49.7 Å². The first-order chi connectivity index (χ1) is 9.56. The number of morpholine rings is 1. The summed E-state index contributed by atoms with van der Waals surface area (Å²) in [5, 5.41) is 3.05. The number of carbonyl (C=O) groups excluding carboxylic acids is 1. The van der Waals surface area contributed by atoms with Crippen LogP contribution >= 0.6 is 15.9 Å². The Kier molecular flexibility index (Phi) is 5.57. The highest BCUT2D eigenvalue weighted by Gasteiger charge is 2.16. The molecule has 0 spiro atoms. The maximum Gasteiger partial charge on any atom is 0.251 e. The first kappa shape index (κ1) is 15.5. The first-order valence-corrected chi connectivity index (χ1v) is 7.72. The first-order valence-electron chi connectivity index (χ1n) is 6.93. The van der Waals surface area contributed by atoms with E-state index in [-0.39, 0.29) is 11.9 Å². The Morgan fingerprint density at radius 1 is 1.45 bits per heavy atom. The highest BCUT2D eigenvalue weighted by molar-refractivity contribution is 9.10. The van der Waals surface area contributed by atoms with Gasteiger partial charge < -0.3 is 10.1 Å². The summed E-state index contributed by atoms with van der Waals surface area (Å²) in [7, 11) is 0. The molecule has 1 aliphatic heterocycles. The van der Waals surface area contributed by atoms with Crippen LogP contribution in [0.5, 0.6) is 0 Å². The zero-order chi connectivity index (χ0) is 14.5. The van der Waals surface area contributed by atoms with Crippen molar-refractivity contribution in [1.29, 1.82) is 0 Å². The third kappa shape index (κ3) is 4.30. The van der Waals surface area contributed by atoms with Crippen molar-refractivity contribution in [2.45, 2.75) is 19.9 Å². The lowest BCUT2D eigenvalue weighted by molar-refractivity contribution is 0.0342. The molecule has 2 rings (SSSR count). The molecule has 1 unspecified atom stereocenters. The summed E-state index contributed by atoms with van der Waals surface area (Å²) in [6.45, 7) is 8.34. The number of hydrogen-bond donors (Lipinski definition) is 1. The van der Waals surface area contributed by atoms with E-state index in [1.165, 1.54) is 0 Å². The number of benzene rings is 1. The molecular formula is C15H21BrN2O2. The Labute approximate surface area is 128 Å². The molecule has 110 valence electrons. The van der Waals surface area contributed by atoms with Crippen molar-refractivity contribution in [3.05, 3.63) is 33.8 Å². The fraction of sp³-hybridized carbons (Fsp3) is 0.533. The fourth-order valence-electron chi connectivity index (χ4n) is 2.31. The van der Waals surface area contributed by atoms with E-state index in [2.05, 4.69) is 26.1 Å². The fourth-order valence-corrected chi connectivity index (χ4v) is 2.56. The molecule has 0 aromatic heterocycles. The second kappa shape index (κ2) is 7.20. The second-order valence-corrected chi connectivity index (χ2v) is 6.11. The lowest BCUT2D eigenvalue weighted by atomic mass is 10.1. The van der Waals surface area contributed by atoms with Crippen molar-refractivity contribution in [3.8, 4) is 0 Å². The van der Waals surface area contributed by atoms with E-state index in [9.17, 15) is 4.79 Å². The summed E-state index contributed by atoms with van der Waals surface area (Å²) in [6, 6.07) is 5.79. The van der Waals surface area contributed by atoms with Crippen molar-refractivity contribution in [3.63, 3.8) is 0 Å². The van der Waals surface area contributed by atoms with Crippen LogP contribution < -0.4 is 5.32 Å². The minimum Gasteiger partial charge on any atom is -0.379 e. The maximum absolute atomic E-state index is 12.2. The molecule has 0 bridgehead atoms. The third-order valence-corrected chi connectivity index (χ3v) is 4.32. The molecule has 0 radical (unpaired) electrons. The van der Waals surface area contributed by atoms with E-state index < -0.39 is 0 Å². The smallest absolute Gasteiger partial charge is 0.251 e. The molecule has 0 aliphatic carbocycles. The summed E-state index contributed by atoms with van der Waals surface area (Å²) in [5.74, 6) is -0.0126. The van der Waals surface area contributed by atoms with Crippen molar-refractivity contribution >= 4 is 21.8 Å². The average molecular weight is 341 g/mol. The predicted molar refractivity (Wildman–Crippen MR) is 83.1 cm³/mol. The van der Waals surface area contributed by atoms with Crippen molar-refractivity contribution in [2.75, 3.05) is 32.8 Å². The van der Waals surface area contributed by atoms with Gasteiger partial charge in [-0.05, 0) is 37.6 Å². The number of aryl methyl sites for hydroxylation is 1. The van der Waals surface area contributed by atoms with E-state index in [0.29, 0.717) is 5.56 Å². The normalized spacial score (nSPS) is 17.8. The molecule has 1 fully saturated rings. The van der Waals surface area contributed by atoms with Gasteiger partial charge in [-0.25, -0.2) is 0 Å². The molecule has 20 heavy (non-hydrogen) atoms. The Balaban J connectivity index is 1.87. The number of nitrogens with zero attached hydrogens (tertiary/aromatic N) is 1. The van der Waals surface area contributed by atoms with Crippen LogP contribution in [0.1, 0.15) is 22.8 Å². The topological polar surface area (TPSA) is 41.6 Å². The molecule has 1 heterocycles. The number of carbonyl (C=O) groups is 1. The van der Waals surface area contributed by atoms with Gasteiger partial charge in [-0.1, -0.05) is 15.9 Å². The van der Waals surface area contributed by atoms with Gasteiger partial charge in [-0.3, -0.25) is 9.69 Å². The van der Waals surface area contributed by atoms with E-state index in [4.69, 9.17) is 4.74 Å². The summed E-state index contributed by atoms with van der Waals surface area (Å²) >= 11 is 3.44. The lowest BCUT2D eigenvalue weighted by Gasteiger charge is -2.29. The Morgan fingerprint density at radius 3 is 2.80 bits per heavy atom. The molecule has 1 saturated heterocycles. The number of nitrogens with one attached hydrogen (secondary N) is 1. The van der Waals surface area contributed by atoms with Crippen LogP contribution in [0.3, 0.4) is 0 Å². The molecular weight excluding hydrogens is 320 g/mol. The third-order valence-electron chi connectivity index (χ3n) is 3.43. The molecule has 5 heteroatoms. The summed E-state index contributed by atoms with van der Waals surface area (Å²) in [4.78, 5) is 14.5. The zero-order valence-electron chi connectivity index (χ0n) is 12.0. The van der Waals surface area contributed by atoms with Gasteiger partial charge in [0.2, 0.25) is 0 Å². The van der Waals surface area contributed by atoms with E-state index in [1.54, 1.807) is 0 Å². The van der Waals surface area contributed by atoms with Crippen LogP contribution in [-0.2, 0) is 4.74 Å². The Bertz CT molecular complexity index is 473. The van der Waals surface area contributed by atoms with Gasteiger partial charge in [-0.2, -0.15) is 0 Å². The second-order valence-electron chi connectivity index (χ2n) is 5.25. The lowest BCUT2D eigenvalue weighted by Crippen LogP contribution is -2.46. The standard InChI is InChI=1S/C15H21BrN2O2/c1-11-9-13(3-4-14(11)16)15(19)17-12(2)10-18-5-7-20-8-6-18/h3-4,9,12H,5-8,10H2,1-2H3,(H,17,19). The largest absolute Gasteiger partial charge is 0.379 e. The Hall–Kier alpha value is -0.910. The monoisotopic (exact) mass is 340 g/mol. The number of hydrogen-bond acceptors (Lipinski definition) is 3. The van der Waals surface area contributed by atoms with Crippen LogP contribution in [0.25, 0.3) is 0 Å². The number of halogens is 1. The van der Waals surface area contributed by atoms with Crippen molar-refractivity contribution in [2.24, 2.45) is 0 Å². The number of amides is 1. The van der Waals surface area contributed by atoms with Gasteiger partial charge in [0.25, 0.3) is 5.91 Å². The molecule has 0 saturated carbocycles. The SMILES string of the molecule is Cc1cc(C(=O)NC(C)CN2CCOCC2)ccc1Br. The predicted octanol–water partition coefficient (Wildman–Crippen LogP) is 2.21. The Morgan fingerprint density at radius 2 is 2.15 bits per heavy atom. The minimum atomic E-state index is -0.0126. The number of rotatable bonds is 4. The minimum absolute atomic E-state index is 0.0126. The maximum atomic E-state index is 12.2. The van der Waals surface area contributed by atoms with Gasteiger partial charge in [0.05, 0.1) is 13.2 Å². The van der Waals surface area contributed by atoms with E-state index >= 15 is 0 Å². The average Bonchev–Trinajstić information content (AvgIpc) is 2.42. The van der Waals surface area contributed by atoms with E-state index in [0.717, 1.165) is 42.9 Å². The van der Waals surface area contributed by atoms with Crippen molar-refractivity contribution < 1.29 is 9.53 Å². The van der Waals surface area contributed by atoms with Crippen LogP contribution in [0.4, 0.5) is 0 Å². The summed E-state index contributed by atoms with van der Waals surface area (Å²) in [5.41, 5.74) is 1.78.